The minimum Gasteiger partial charge on any atom is -0.389 e. The van der Waals surface area contributed by atoms with Gasteiger partial charge in [-0.15, -0.1) is 0 Å². The Morgan fingerprint density at radius 3 is 2.45 bits per heavy atom. The van der Waals surface area contributed by atoms with Crippen molar-refractivity contribution < 1.29 is 5.11 Å². The van der Waals surface area contributed by atoms with Gasteiger partial charge in [-0.2, -0.15) is 4.98 Å². The third-order valence-corrected chi connectivity index (χ3v) is 5.77. The van der Waals surface area contributed by atoms with Crippen LogP contribution < -0.4 is 16.1 Å². The lowest BCUT2D eigenvalue weighted by Crippen LogP contribution is -2.41. The molecule has 0 unspecified atom stereocenters. The maximum atomic E-state index is 13.4. The fraction of sp³-hybridized carbons (Fsp3) is 0.261. The van der Waals surface area contributed by atoms with E-state index in [1.54, 1.807) is 11.6 Å². The van der Waals surface area contributed by atoms with Gasteiger partial charge in [0.1, 0.15) is 0 Å². The monoisotopic (exact) mass is 417 g/mol. The van der Waals surface area contributed by atoms with Crippen LogP contribution in [0.3, 0.4) is 0 Å². The molecule has 31 heavy (non-hydrogen) atoms. The summed E-state index contributed by atoms with van der Waals surface area (Å²) in [6.07, 6.45) is -0.674. The quantitative estimate of drug-likeness (QED) is 0.549. The summed E-state index contributed by atoms with van der Waals surface area (Å²) in [5, 5.41) is 10.5. The zero-order valence-corrected chi connectivity index (χ0v) is 17.4. The van der Waals surface area contributed by atoms with Gasteiger partial charge in [0.2, 0.25) is 5.95 Å². The molecular formula is C23H23N5O3. The van der Waals surface area contributed by atoms with Crippen LogP contribution in [0.2, 0.25) is 0 Å². The highest BCUT2D eigenvalue weighted by Gasteiger charge is 2.30. The van der Waals surface area contributed by atoms with Crippen molar-refractivity contribution in [3.8, 4) is 0 Å². The van der Waals surface area contributed by atoms with Gasteiger partial charge >= 0.3 is 5.69 Å². The minimum atomic E-state index is -0.674. The summed E-state index contributed by atoms with van der Waals surface area (Å²) in [4.78, 5) is 33.0. The van der Waals surface area contributed by atoms with E-state index in [1.165, 1.54) is 9.13 Å². The number of fused-ring (bicyclic) bond motifs is 3. The SMILES string of the molecule is Cc1ccc(Cn2c(=O)c3c(nc4n3C[C@@H](O)CN4c3ccccc3)n(C)c2=O)cc1. The van der Waals surface area contributed by atoms with E-state index >= 15 is 0 Å². The largest absolute Gasteiger partial charge is 0.389 e. The Morgan fingerprint density at radius 2 is 1.74 bits per heavy atom. The highest BCUT2D eigenvalue weighted by molar-refractivity contribution is 5.77. The second-order valence-corrected chi connectivity index (χ2v) is 8.01. The zero-order chi connectivity index (χ0) is 21.7. The normalized spacial score (nSPS) is 16.0. The van der Waals surface area contributed by atoms with Gasteiger partial charge in [0, 0.05) is 12.7 Å². The Bertz CT molecular complexity index is 1380. The first-order valence-corrected chi connectivity index (χ1v) is 10.2. The lowest BCUT2D eigenvalue weighted by atomic mass is 10.1. The molecule has 3 heterocycles. The number of aromatic nitrogens is 4. The van der Waals surface area contributed by atoms with E-state index in [-0.39, 0.29) is 13.1 Å². The molecule has 158 valence electrons. The summed E-state index contributed by atoms with van der Waals surface area (Å²) >= 11 is 0. The van der Waals surface area contributed by atoms with Crippen molar-refractivity contribution in [2.45, 2.75) is 26.1 Å². The number of hydrogen-bond donors (Lipinski definition) is 1. The third-order valence-electron chi connectivity index (χ3n) is 5.77. The number of aliphatic hydroxyl groups is 1. The number of imidazole rings is 1. The van der Waals surface area contributed by atoms with E-state index in [9.17, 15) is 14.7 Å². The Hall–Kier alpha value is -3.65. The molecule has 2 aromatic heterocycles. The number of benzene rings is 2. The Labute approximate surface area is 178 Å². The summed E-state index contributed by atoms with van der Waals surface area (Å²) in [6, 6.07) is 17.3. The molecule has 0 spiro atoms. The fourth-order valence-electron chi connectivity index (χ4n) is 4.14. The average molecular weight is 417 g/mol. The van der Waals surface area contributed by atoms with Crippen LogP contribution in [0.25, 0.3) is 11.2 Å². The van der Waals surface area contributed by atoms with Crippen molar-refractivity contribution in [3.05, 3.63) is 86.6 Å². The van der Waals surface area contributed by atoms with E-state index < -0.39 is 17.4 Å². The molecule has 0 saturated heterocycles. The van der Waals surface area contributed by atoms with Crippen LogP contribution in [0, 0.1) is 6.92 Å². The van der Waals surface area contributed by atoms with Gasteiger partial charge in [-0.05, 0) is 24.6 Å². The van der Waals surface area contributed by atoms with Crippen molar-refractivity contribution in [1.29, 1.82) is 0 Å². The number of aliphatic hydroxyl groups excluding tert-OH is 1. The smallest absolute Gasteiger partial charge is 0.332 e. The molecule has 0 aliphatic carbocycles. The lowest BCUT2D eigenvalue weighted by molar-refractivity contribution is 0.154. The molecule has 8 heteroatoms. The fourth-order valence-corrected chi connectivity index (χ4v) is 4.14. The van der Waals surface area contributed by atoms with Crippen molar-refractivity contribution in [2.24, 2.45) is 7.05 Å². The maximum absolute atomic E-state index is 13.4. The number of rotatable bonds is 3. The average Bonchev–Trinajstić information content (AvgIpc) is 3.16. The standard InChI is InChI=1S/C23H23N5O3/c1-15-8-10-16(11-9-15)12-28-21(30)19-20(25(2)23(28)31)24-22-26(13-18(29)14-27(19)22)17-6-4-3-5-7-17/h3-11,18,29H,12-14H2,1-2H3/t18-/m0/s1. The lowest BCUT2D eigenvalue weighted by Gasteiger charge is -2.32. The van der Waals surface area contributed by atoms with E-state index in [0.29, 0.717) is 23.7 Å². The number of nitrogens with zero attached hydrogens (tertiary/aromatic N) is 5. The Balaban J connectivity index is 1.72. The molecule has 1 N–H and O–H groups in total. The molecule has 2 aromatic carbocycles. The second-order valence-electron chi connectivity index (χ2n) is 8.01. The highest BCUT2D eigenvalue weighted by atomic mass is 16.3. The van der Waals surface area contributed by atoms with Gasteiger partial charge in [-0.25, -0.2) is 4.79 Å². The van der Waals surface area contributed by atoms with Gasteiger partial charge in [0.25, 0.3) is 5.56 Å². The van der Waals surface area contributed by atoms with Crippen LogP contribution in [0.5, 0.6) is 0 Å². The van der Waals surface area contributed by atoms with E-state index in [4.69, 9.17) is 0 Å². The van der Waals surface area contributed by atoms with E-state index in [2.05, 4.69) is 4.98 Å². The van der Waals surface area contributed by atoms with Gasteiger partial charge < -0.3 is 14.6 Å². The molecule has 0 bridgehead atoms. The summed E-state index contributed by atoms with van der Waals surface area (Å²) < 4.78 is 4.37. The van der Waals surface area contributed by atoms with E-state index in [1.807, 2.05) is 66.4 Å². The molecule has 0 radical (unpaired) electrons. The Kier molecular flexibility index (Phi) is 4.51. The van der Waals surface area contributed by atoms with E-state index in [0.717, 1.165) is 16.8 Å². The molecule has 1 aliphatic rings. The molecule has 0 fully saturated rings. The van der Waals surface area contributed by atoms with Crippen LogP contribution in [-0.4, -0.2) is 36.4 Å². The number of aryl methyl sites for hydroxylation is 2. The summed E-state index contributed by atoms with van der Waals surface area (Å²) in [5.41, 5.74) is 2.67. The van der Waals surface area contributed by atoms with Crippen LogP contribution in [0.1, 0.15) is 11.1 Å². The summed E-state index contributed by atoms with van der Waals surface area (Å²) in [6.45, 7) is 2.77. The molecule has 0 amide bonds. The van der Waals surface area contributed by atoms with Crippen molar-refractivity contribution in [2.75, 3.05) is 11.4 Å². The zero-order valence-electron chi connectivity index (χ0n) is 17.4. The van der Waals surface area contributed by atoms with Crippen LogP contribution >= 0.6 is 0 Å². The predicted molar refractivity (Wildman–Crippen MR) is 119 cm³/mol. The van der Waals surface area contributed by atoms with Crippen molar-refractivity contribution >= 4 is 22.8 Å². The summed E-state index contributed by atoms with van der Waals surface area (Å²) in [5.74, 6) is 0.548. The molecule has 8 nitrogen and oxygen atoms in total. The number of hydrogen-bond acceptors (Lipinski definition) is 5. The molecule has 4 aromatic rings. The number of anilines is 2. The first-order chi connectivity index (χ1) is 14.9. The van der Waals surface area contributed by atoms with Crippen LogP contribution in [0.4, 0.5) is 11.6 Å². The van der Waals surface area contributed by atoms with Gasteiger partial charge in [0.05, 0.1) is 25.7 Å². The maximum Gasteiger partial charge on any atom is 0.332 e. The number of para-hydroxylation sites is 1. The molecule has 1 atom stereocenters. The minimum absolute atomic E-state index is 0.174. The first-order valence-electron chi connectivity index (χ1n) is 10.2. The van der Waals surface area contributed by atoms with Crippen molar-refractivity contribution in [3.63, 3.8) is 0 Å². The van der Waals surface area contributed by atoms with Crippen LogP contribution in [-0.2, 0) is 20.1 Å². The molecular weight excluding hydrogens is 394 g/mol. The second kappa shape index (κ2) is 7.24. The van der Waals surface area contributed by atoms with Gasteiger partial charge in [0.15, 0.2) is 11.2 Å². The van der Waals surface area contributed by atoms with Gasteiger partial charge in [-0.3, -0.25) is 13.9 Å². The topological polar surface area (TPSA) is 85.3 Å². The summed E-state index contributed by atoms with van der Waals surface area (Å²) in [7, 11) is 1.62. The molecule has 5 rings (SSSR count). The predicted octanol–water partition coefficient (Wildman–Crippen LogP) is 1.77. The number of β-amino-alcohol motifs (C(OH)–C–C–N with tert-alkyl or cyclic N) is 1. The van der Waals surface area contributed by atoms with Crippen LogP contribution in [0.15, 0.2) is 64.2 Å². The van der Waals surface area contributed by atoms with Gasteiger partial charge in [-0.1, -0.05) is 48.0 Å². The molecule has 0 saturated carbocycles. The first kappa shape index (κ1) is 19.3. The molecule has 1 aliphatic heterocycles. The third kappa shape index (κ3) is 3.16. The highest BCUT2D eigenvalue weighted by Crippen LogP contribution is 2.30. The van der Waals surface area contributed by atoms with Crippen molar-refractivity contribution in [1.82, 2.24) is 18.7 Å². The Morgan fingerprint density at radius 1 is 1.03 bits per heavy atom.